The Bertz CT molecular complexity index is 950. The van der Waals surface area contributed by atoms with Crippen LogP contribution in [0, 0.1) is 0 Å². The summed E-state index contributed by atoms with van der Waals surface area (Å²) in [7, 11) is 1.54. The molecule has 1 N–H and O–H groups in total. The van der Waals surface area contributed by atoms with Crippen LogP contribution in [-0.2, 0) is 12.8 Å². The summed E-state index contributed by atoms with van der Waals surface area (Å²) in [6.07, 6.45) is 6.79. The topological polar surface area (TPSA) is 69.0 Å². The highest BCUT2D eigenvalue weighted by molar-refractivity contribution is 6.04. The first-order valence-corrected chi connectivity index (χ1v) is 9.24. The summed E-state index contributed by atoms with van der Waals surface area (Å²) >= 11 is 0. The van der Waals surface area contributed by atoms with Crippen molar-refractivity contribution in [2.75, 3.05) is 12.4 Å². The molecule has 4 rings (SSSR count). The van der Waals surface area contributed by atoms with E-state index in [1.807, 2.05) is 35.0 Å². The van der Waals surface area contributed by atoms with Gasteiger partial charge in [-0.3, -0.25) is 4.79 Å². The van der Waals surface area contributed by atoms with Crippen molar-refractivity contribution >= 4 is 11.6 Å². The zero-order valence-corrected chi connectivity index (χ0v) is 15.3. The van der Waals surface area contributed by atoms with Crippen molar-refractivity contribution in [2.45, 2.75) is 32.1 Å². The summed E-state index contributed by atoms with van der Waals surface area (Å²) < 4.78 is 7.16. The van der Waals surface area contributed by atoms with Crippen molar-refractivity contribution in [3.8, 4) is 11.6 Å². The minimum atomic E-state index is -0.228. The largest absolute Gasteiger partial charge is 0.480 e. The molecule has 1 aromatic carbocycles. The van der Waals surface area contributed by atoms with Crippen LogP contribution in [0.4, 0.5) is 5.69 Å². The molecule has 1 aliphatic rings. The zero-order chi connectivity index (χ0) is 18.6. The lowest BCUT2D eigenvalue weighted by Gasteiger charge is -2.08. The Morgan fingerprint density at radius 2 is 1.89 bits per heavy atom. The molecule has 27 heavy (non-hydrogen) atoms. The van der Waals surface area contributed by atoms with Crippen LogP contribution in [0.25, 0.3) is 5.69 Å². The number of rotatable bonds is 4. The molecule has 138 valence electrons. The van der Waals surface area contributed by atoms with E-state index in [0.717, 1.165) is 42.6 Å². The first-order chi connectivity index (χ1) is 13.3. The van der Waals surface area contributed by atoms with Crippen molar-refractivity contribution in [1.82, 2.24) is 14.8 Å². The van der Waals surface area contributed by atoms with Gasteiger partial charge in [-0.15, -0.1) is 0 Å². The molecule has 0 atom stereocenters. The van der Waals surface area contributed by atoms with Crippen LogP contribution in [0.2, 0.25) is 0 Å². The maximum absolute atomic E-state index is 13.0. The highest BCUT2D eigenvalue weighted by atomic mass is 16.5. The van der Waals surface area contributed by atoms with Gasteiger partial charge < -0.3 is 10.1 Å². The lowest BCUT2D eigenvalue weighted by molar-refractivity contribution is 0.102. The summed E-state index contributed by atoms with van der Waals surface area (Å²) in [4.78, 5) is 17.2. The summed E-state index contributed by atoms with van der Waals surface area (Å²) in [5.74, 6) is 0.161. The van der Waals surface area contributed by atoms with E-state index in [0.29, 0.717) is 17.3 Å². The summed E-state index contributed by atoms with van der Waals surface area (Å²) in [6, 6.07) is 13.5. The van der Waals surface area contributed by atoms with E-state index in [4.69, 9.17) is 9.84 Å². The van der Waals surface area contributed by atoms with Gasteiger partial charge in [0.15, 0.2) is 5.69 Å². The molecule has 1 amide bonds. The predicted octanol–water partition coefficient (Wildman–Crippen LogP) is 3.80. The normalized spacial score (nSPS) is 13.5. The Hall–Kier alpha value is -3.15. The number of aromatic nitrogens is 3. The molecule has 0 aliphatic heterocycles. The third kappa shape index (κ3) is 3.43. The van der Waals surface area contributed by atoms with Gasteiger partial charge in [-0.2, -0.15) is 5.10 Å². The van der Waals surface area contributed by atoms with Crippen molar-refractivity contribution in [2.24, 2.45) is 0 Å². The van der Waals surface area contributed by atoms with E-state index < -0.39 is 0 Å². The number of amides is 1. The van der Waals surface area contributed by atoms with Crippen molar-refractivity contribution < 1.29 is 9.53 Å². The molecule has 0 saturated heterocycles. The number of anilines is 1. The number of hydrogen-bond acceptors (Lipinski definition) is 4. The van der Waals surface area contributed by atoms with Crippen LogP contribution in [0.1, 0.15) is 41.0 Å². The van der Waals surface area contributed by atoms with Crippen LogP contribution in [0.5, 0.6) is 5.88 Å². The fourth-order valence-electron chi connectivity index (χ4n) is 3.57. The molecule has 3 aromatic rings. The van der Waals surface area contributed by atoms with Crippen LogP contribution in [0.15, 0.2) is 48.7 Å². The molecule has 0 spiro atoms. The minimum absolute atomic E-state index is 0.228. The Labute approximate surface area is 158 Å². The van der Waals surface area contributed by atoms with Crippen LogP contribution in [-0.4, -0.2) is 27.8 Å². The summed E-state index contributed by atoms with van der Waals surface area (Å²) in [6.45, 7) is 0. The van der Waals surface area contributed by atoms with Gasteiger partial charge in [0.05, 0.1) is 12.8 Å². The molecular formula is C21H22N4O2. The van der Waals surface area contributed by atoms with E-state index in [9.17, 15) is 4.79 Å². The molecule has 0 saturated carbocycles. The Morgan fingerprint density at radius 1 is 1.07 bits per heavy atom. The van der Waals surface area contributed by atoms with Gasteiger partial charge in [-0.25, -0.2) is 9.67 Å². The van der Waals surface area contributed by atoms with Gasteiger partial charge in [0.25, 0.3) is 5.91 Å². The second-order valence-corrected chi connectivity index (χ2v) is 6.60. The molecule has 2 heterocycles. The van der Waals surface area contributed by atoms with Gasteiger partial charge in [0.1, 0.15) is 5.69 Å². The zero-order valence-electron chi connectivity index (χ0n) is 15.3. The van der Waals surface area contributed by atoms with Crippen LogP contribution in [0.3, 0.4) is 0 Å². The number of methoxy groups -OCH3 is 1. The quantitative estimate of drug-likeness (QED) is 0.717. The first-order valence-electron chi connectivity index (χ1n) is 9.24. The fraction of sp³-hybridized carbons (Fsp3) is 0.286. The van der Waals surface area contributed by atoms with Gasteiger partial charge in [-0.05, 0) is 49.9 Å². The van der Waals surface area contributed by atoms with Crippen molar-refractivity contribution in [1.29, 1.82) is 0 Å². The fourth-order valence-corrected chi connectivity index (χ4v) is 3.57. The highest BCUT2D eigenvalue weighted by Crippen LogP contribution is 2.28. The smallest absolute Gasteiger partial charge is 0.276 e. The maximum Gasteiger partial charge on any atom is 0.276 e. The van der Waals surface area contributed by atoms with E-state index in [-0.39, 0.29) is 5.91 Å². The van der Waals surface area contributed by atoms with Gasteiger partial charge in [-0.1, -0.05) is 24.6 Å². The average Bonchev–Trinajstić information content (AvgIpc) is 2.90. The van der Waals surface area contributed by atoms with Gasteiger partial charge in [0, 0.05) is 17.5 Å². The van der Waals surface area contributed by atoms with Gasteiger partial charge >= 0.3 is 0 Å². The molecule has 6 heteroatoms. The first kappa shape index (κ1) is 17.3. The number of para-hydroxylation sites is 1. The number of fused-ring (bicyclic) bond motifs is 1. The molecule has 0 radical (unpaired) electrons. The Balaban J connectivity index is 1.74. The van der Waals surface area contributed by atoms with E-state index in [1.165, 1.54) is 13.5 Å². The monoisotopic (exact) mass is 362 g/mol. The molecule has 0 unspecified atom stereocenters. The standard InChI is InChI=1S/C21H22N4O2/c1-27-21-17(12-8-14-22-21)23-20(26)19-16-11-6-3-7-13-18(16)25(24-19)15-9-4-2-5-10-15/h2,4-5,8-10,12,14H,3,6-7,11,13H2,1H3,(H,23,26). The van der Waals surface area contributed by atoms with E-state index in [2.05, 4.69) is 10.3 Å². The summed E-state index contributed by atoms with van der Waals surface area (Å²) in [5.41, 5.74) is 4.20. The van der Waals surface area contributed by atoms with Crippen molar-refractivity contribution in [3.05, 3.63) is 65.6 Å². The second-order valence-electron chi connectivity index (χ2n) is 6.60. The second kappa shape index (κ2) is 7.61. The van der Waals surface area contributed by atoms with Crippen LogP contribution < -0.4 is 10.1 Å². The Kier molecular flexibility index (Phi) is 4.87. The molecule has 6 nitrogen and oxygen atoms in total. The third-order valence-electron chi connectivity index (χ3n) is 4.86. The SMILES string of the molecule is COc1ncccc1NC(=O)c1nn(-c2ccccc2)c2c1CCCCC2. The number of nitrogens with one attached hydrogen (secondary N) is 1. The number of carbonyl (C=O) groups is 1. The molecule has 0 bridgehead atoms. The number of pyridine rings is 1. The van der Waals surface area contributed by atoms with Crippen LogP contribution >= 0.6 is 0 Å². The maximum atomic E-state index is 13.0. The number of benzene rings is 1. The average molecular weight is 362 g/mol. The number of hydrogen-bond donors (Lipinski definition) is 1. The van der Waals surface area contributed by atoms with E-state index >= 15 is 0 Å². The number of nitrogens with zero attached hydrogens (tertiary/aromatic N) is 3. The summed E-state index contributed by atoms with van der Waals surface area (Å²) in [5, 5.41) is 7.61. The lowest BCUT2D eigenvalue weighted by atomic mass is 10.1. The number of carbonyl (C=O) groups excluding carboxylic acids is 1. The Morgan fingerprint density at radius 3 is 2.70 bits per heavy atom. The number of ether oxygens (including phenoxy) is 1. The van der Waals surface area contributed by atoms with E-state index in [1.54, 1.807) is 18.3 Å². The predicted molar refractivity (Wildman–Crippen MR) is 104 cm³/mol. The molecular weight excluding hydrogens is 340 g/mol. The minimum Gasteiger partial charge on any atom is -0.480 e. The third-order valence-corrected chi connectivity index (χ3v) is 4.86. The molecule has 0 fully saturated rings. The molecule has 1 aliphatic carbocycles. The van der Waals surface area contributed by atoms with Gasteiger partial charge in [0.2, 0.25) is 5.88 Å². The van der Waals surface area contributed by atoms with Crippen molar-refractivity contribution in [3.63, 3.8) is 0 Å². The lowest BCUT2D eigenvalue weighted by Crippen LogP contribution is -2.16. The highest BCUT2D eigenvalue weighted by Gasteiger charge is 2.25. The molecule has 2 aromatic heterocycles.